The fraction of sp³-hybridized carbons (Fsp3) is 0.526. The van der Waals surface area contributed by atoms with Gasteiger partial charge in [0.1, 0.15) is 5.69 Å². The molecule has 1 amide bonds. The molecule has 75 heavy (non-hydrogen) atoms. The highest BCUT2D eigenvalue weighted by Crippen LogP contribution is 2.45. The molecule has 3 N–H and O–H groups in total. The molecule has 0 radical (unpaired) electrons. The molecule has 6 aliphatic rings. The monoisotopic (exact) mass is 1100 g/mol. The summed E-state index contributed by atoms with van der Waals surface area (Å²) in [6, 6.07) is 29.4. The summed E-state index contributed by atoms with van der Waals surface area (Å²) < 4.78 is 35.3. The zero-order valence-corrected chi connectivity index (χ0v) is 46.4. The minimum Gasteiger partial charge on any atom is -0.376 e. The van der Waals surface area contributed by atoms with Crippen molar-refractivity contribution in [2.75, 3.05) is 101 Å². The van der Waals surface area contributed by atoms with Crippen LogP contribution in [0, 0.1) is 27.4 Å². The van der Waals surface area contributed by atoms with E-state index in [4.69, 9.17) is 16.3 Å². The zero-order chi connectivity index (χ0) is 51.2. The second-order valence-corrected chi connectivity index (χ2v) is 25.3. The number of amides is 1. The number of rotatable bonds is 19. The van der Waals surface area contributed by atoms with Crippen LogP contribution in [0.4, 0.5) is 17.1 Å². The molecule has 10 rings (SSSR count). The number of nitrogens with one attached hydrogen (secondary N) is 3. The summed E-state index contributed by atoms with van der Waals surface area (Å²) in [6.45, 7) is 15.2. The van der Waals surface area contributed by atoms with Crippen LogP contribution in [0.1, 0.15) is 80.6 Å². The van der Waals surface area contributed by atoms with E-state index in [1.165, 1.54) is 81.6 Å². The van der Waals surface area contributed by atoms with Crippen LogP contribution < -0.4 is 20.3 Å². The Kier molecular flexibility index (Phi) is 18.5. The van der Waals surface area contributed by atoms with Gasteiger partial charge in [-0.05, 0) is 173 Å². The van der Waals surface area contributed by atoms with Gasteiger partial charge < -0.3 is 25.2 Å². The summed E-state index contributed by atoms with van der Waals surface area (Å²) in [5.74, 6) is 1.61. The van der Waals surface area contributed by atoms with Crippen LogP contribution in [0.5, 0.6) is 0 Å². The summed E-state index contributed by atoms with van der Waals surface area (Å²) >= 11 is 8.02. The Labute approximate surface area is 459 Å². The fourth-order valence-electron chi connectivity index (χ4n) is 12.7. The molecule has 14 nitrogen and oxygen atoms in total. The molecule has 5 aliphatic heterocycles. The molecule has 5 heterocycles. The van der Waals surface area contributed by atoms with Crippen LogP contribution in [0.25, 0.3) is 5.57 Å². The van der Waals surface area contributed by atoms with E-state index >= 15 is 0 Å². The number of anilines is 2. The standard InChI is InChI=1S/C57H73ClN8O6S2.ClH/c1-57(40-63-26-20-42(21-27-63)41-18-24-59-25-19-41)23-17-53(43-7-11-46(58)12-8-43)45(35-57)36-62-29-31-64(32-30-62)48-13-9-44(10-14-48)56(67)61-74(70,71)52-15-16-54(55(34-52)66(68)69)60-47(39-73-51-5-3-2-4-6-51)22-28-65-37-50-33-49(65)38-72-50;/h2-16,34,41-42,47,49-50,59-60H,17-33,35-40H2,1H3,(H,61,67);1H/t47-,49-,50-,57?;/m1./s1. The Morgan fingerprint density at radius 2 is 1.64 bits per heavy atom. The van der Waals surface area contributed by atoms with Gasteiger partial charge in [0, 0.05) is 97.4 Å². The molecule has 1 aliphatic carbocycles. The van der Waals surface area contributed by atoms with E-state index in [1.54, 1.807) is 29.5 Å². The number of sulfonamides is 1. The van der Waals surface area contributed by atoms with Gasteiger partial charge in [-0.15, -0.1) is 24.2 Å². The van der Waals surface area contributed by atoms with Crippen molar-refractivity contribution >= 4 is 74.3 Å². The van der Waals surface area contributed by atoms with E-state index in [2.05, 4.69) is 54.0 Å². The number of morpholine rings is 1. The number of ether oxygens (including phenoxy) is 1. The Balaban J connectivity index is 0.00000689. The highest BCUT2D eigenvalue weighted by molar-refractivity contribution is 7.99. The van der Waals surface area contributed by atoms with E-state index < -0.39 is 20.9 Å². The van der Waals surface area contributed by atoms with Crippen LogP contribution in [-0.4, -0.2) is 143 Å². The molecule has 4 aromatic carbocycles. The lowest BCUT2D eigenvalue weighted by molar-refractivity contribution is -0.384. The number of fused-ring (bicyclic) bond motifs is 2. The van der Waals surface area contributed by atoms with Gasteiger partial charge in [0.05, 0.1) is 22.5 Å². The second kappa shape index (κ2) is 25.1. The number of piperidine rings is 2. The van der Waals surface area contributed by atoms with E-state index in [9.17, 15) is 23.3 Å². The van der Waals surface area contributed by atoms with Gasteiger partial charge in [0.15, 0.2) is 0 Å². The number of likely N-dealkylation sites (tertiary alicyclic amines) is 2. The number of halogens is 2. The lowest BCUT2D eigenvalue weighted by atomic mass is 9.70. The van der Waals surface area contributed by atoms with Gasteiger partial charge in [-0.2, -0.15) is 0 Å². The molecule has 0 spiro atoms. The van der Waals surface area contributed by atoms with Crippen molar-refractivity contribution in [1.82, 2.24) is 24.7 Å². The van der Waals surface area contributed by atoms with Crippen molar-refractivity contribution in [3.8, 4) is 0 Å². The molecule has 0 saturated carbocycles. The van der Waals surface area contributed by atoms with Crippen molar-refractivity contribution in [1.29, 1.82) is 0 Å². The summed E-state index contributed by atoms with van der Waals surface area (Å²) in [5.41, 5.74) is 5.49. The zero-order valence-electron chi connectivity index (χ0n) is 43.2. The Bertz CT molecular complexity index is 2720. The number of nitrogens with zero attached hydrogens (tertiary/aromatic N) is 5. The number of carbonyl (C=O) groups excluding carboxylic acids is 1. The Morgan fingerprint density at radius 3 is 2.32 bits per heavy atom. The second-order valence-electron chi connectivity index (χ2n) is 22.1. The smallest absolute Gasteiger partial charge is 0.293 e. The molecule has 1 unspecified atom stereocenters. The van der Waals surface area contributed by atoms with Gasteiger partial charge in [0.2, 0.25) is 0 Å². The van der Waals surface area contributed by atoms with Gasteiger partial charge in [-0.1, -0.05) is 54.4 Å². The predicted molar refractivity (Wildman–Crippen MR) is 304 cm³/mol. The topological polar surface area (TPSA) is 153 Å². The third kappa shape index (κ3) is 14.1. The minimum atomic E-state index is -4.46. The Morgan fingerprint density at radius 1 is 0.920 bits per heavy atom. The molecular weight excluding hydrogens is 1030 g/mol. The lowest BCUT2D eigenvalue weighted by Crippen LogP contribution is -2.48. The van der Waals surface area contributed by atoms with Crippen molar-refractivity contribution in [3.63, 3.8) is 0 Å². The Hall–Kier alpha value is -4.23. The van der Waals surface area contributed by atoms with Gasteiger partial charge in [-0.25, -0.2) is 13.1 Å². The molecule has 4 aromatic rings. The largest absolute Gasteiger partial charge is 0.376 e. The van der Waals surface area contributed by atoms with E-state index in [-0.39, 0.29) is 51.8 Å². The summed E-state index contributed by atoms with van der Waals surface area (Å²) in [6.07, 6.45) is 10.7. The summed E-state index contributed by atoms with van der Waals surface area (Å²) in [7, 11) is -4.46. The third-order valence-corrected chi connectivity index (χ3v) is 19.6. The maximum absolute atomic E-state index is 13.7. The number of carbonyl (C=O) groups is 1. The average molecular weight is 1100 g/mol. The first kappa shape index (κ1) is 55.5. The molecule has 5 saturated heterocycles. The number of nitro benzene ring substituents is 1. The van der Waals surface area contributed by atoms with Crippen LogP contribution >= 0.6 is 35.8 Å². The van der Waals surface area contributed by atoms with E-state index in [0.717, 1.165) is 118 Å². The van der Waals surface area contributed by atoms with E-state index in [1.807, 2.05) is 54.6 Å². The van der Waals surface area contributed by atoms with Crippen LogP contribution in [-0.2, 0) is 14.8 Å². The van der Waals surface area contributed by atoms with Gasteiger partial charge >= 0.3 is 0 Å². The number of piperazine rings is 1. The number of allylic oxidation sites excluding steroid dienone is 1. The number of hydrogen-bond donors (Lipinski definition) is 3. The van der Waals surface area contributed by atoms with Crippen molar-refractivity contribution < 1.29 is 22.9 Å². The first-order valence-corrected chi connectivity index (χ1v) is 29.8. The maximum Gasteiger partial charge on any atom is 0.293 e. The van der Waals surface area contributed by atoms with Crippen LogP contribution in [0.3, 0.4) is 0 Å². The molecular formula is C57H74Cl2N8O6S2. The van der Waals surface area contributed by atoms with Crippen molar-refractivity contribution in [2.24, 2.45) is 17.3 Å². The maximum atomic E-state index is 13.7. The number of nitro groups is 1. The molecule has 4 atom stereocenters. The fourth-order valence-corrected chi connectivity index (χ4v) is 14.8. The van der Waals surface area contributed by atoms with Gasteiger partial charge in [0.25, 0.3) is 21.6 Å². The summed E-state index contributed by atoms with van der Waals surface area (Å²) in [5, 5.41) is 20.2. The molecule has 5 fully saturated rings. The minimum absolute atomic E-state index is 0. The van der Waals surface area contributed by atoms with Crippen molar-refractivity contribution in [3.05, 3.63) is 129 Å². The molecule has 0 aromatic heterocycles. The van der Waals surface area contributed by atoms with Crippen molar-refractivity contribution in [2.45, 2.75) is 92.7 Å². The predicted octanol–water partition coefficient (Wildman–Crippen LogP) is 9.70. The highest BCUT2D eigenvalue weighted by Gasteiger charge is 2.39. The molecule has 404 valence electrons. The normalized spacial score (nSPS) is 23.7. The highest BCUT2D eigenvalue weighted by atomic mass is 35.5. The quantitative estimate of drug-likeness (QED) is 0.0465. The number of benzene rings is 4. The average Bonchev–Trinajstić information content (AvgIpc) is 4.05. The van der Waals surface area contributed by atoms with Crippen LogP contribution in [0.15, 0.2) is 112 Å². The lowest BCUT2D eigenvalue weighted by Gasteiger charge is -2.45. The van der Waals surface area contributed by atoms with Gasteiger partial charge in [-0.3, -0.25) is 24.7 Å². The first-order chi connectivity index (χ1) is 35.8. The van der Waals surface area contributed by atoms with E-state index in [0.29, 0.717) is 11.8 Å². The summed E-state index contributed by atoms with van der Waals surface area (Å²) in [4.78, 5) is 36.2. The number of hydrogen-bond acceptors (Lipinski definition) is 13. The molecule has 2 bridgehead atoms. The molecule has 18 heteroatoms. The van der Waals surface area contributed by atoms with Crippen LogP contribution in [0.2, 0.25) is 5.02 Å². The number of thioether (sulfide) groups is 1. The third-order valence-electron chi connectivity index (χ3n) is 16.8. The first-order valence-electron chi connectivity index (χ1n) is 27.0. The SMILES string of the molecule is CC1(CN2CCC(C3CCNCC3)CC2)CCC(c2ccc(Cl)cc2)=C(CN2CCN(c3ccc(C(=O)NS(=O)(=O)c4ccc(N[C@H](CCN5C[C@H]6C[C@@H]5CO6)CSc5ccccc5)c([N+](=O)[O-])c4)cc3)CC2)C1.Cl.